The average Bonchev–Trinajstić information content (AvgIpc) is 3.53. The lowest BCUT2D eigenvalue weighted by molar-refractivity contribution is -0.133. The SMILES string of the molecule is CC1C2CCC3C4CC=C5CC(N(C)C(=O)CCc6ccco6)CCC5(C)C4CCC32CN1C. The molecule has 8 unspecified atom stereocenters. The van der Waals surface area contributed by atoms with Crippen LogP contribution < -0.4 is 0 Å². The van der Waals surface area contributed by atoms with Crippen molar-refractivity contribution in [2.45, 2.75) is 90.1 Å². The highest BCUT2D eigenvalue weighted by atomic mass is 16.3. The summed E-state index contributed by atoms with van der Waals surface area (Å²) in [5, 5.41) is 0. The van der Waals surface area contributed by atoms with Gasteiger partial charge in [0.25, 0.3) is 0 Å². The number of rotatable bonds is 4. The molecular formula is C30H44N2O2. The first-order valence-corrected chi connectivity index (χ1v) is 14.0. The standard InChI is InChI=1S/C30H44N2O2/c1-20-25-10-11-27-24-9-7-21-18-22(32(4)28(33)12-8-23-6-5-17-34-23)13-15-29(21,2)26(24)14-16-30(25,27)19-31(20)3/h5-7,17,20,22,24-27H,8-16,18-19H2,1-4H3. The van der Waals surface area contributed by atoms with Crippen molar-refractivity contribution in [2.24, 2.45) is 34.5 Å². The third kappa shape index (κ3) is 3.30. The highest BCUT2D eigenvalue weighted by molar-refractivity contribution is 5.76. The van der Waals surface area contributed by atoms with Crippen LogP contribution in [0.4, 0.5) is 0 Å². The average molecular weight is 465 g/mol. The minimum atomic E-state index is 0.260. The van der Waals surface area contributed by atoms with Crippen molar-refractivity contribution in [3.05, 3.63) is 35.8 Å². The van der Waals surface area contributed by atoms with Crippen LogP contribution in [0.25, 0.3) is 0 Å². The number of hydrogen-bond acceptors (Lipinski definition) is 3. The molecule has 5 aliphatic rings. The van der Waals surface area contributed by atoms with E-state index in [2.05, 4.69) is 36.8 Å². The summed E-state index contributed by atoms with van der Waals surface area (Å²) in [6, 6.07) is 4.99. The van der Waals surface area contributed by atoms with Gasteiger partial charge in [0.2, 0.25) is 5.91 Å². The lowest BCUT2D eigenvalue weighted by atomic mass is 9.47. The minimum Gasteiger partial charge on any atom is -0.469 e. The van der Waals surface area contributed by atoms with Crippen LogP contribution in [0.2, 0.25) is 0 Å². The fourth-order valence-electron chi connectivity index (χ4n) is 9.84. The summed E-state index contributed by atoms with van der Waals surface area (Å²) in [6.07, 6.45) is 16.2. The molecule has 2 heterocycles. The van der Waals surface area contributed by atoms with E-state index < -0.39 is 0 Å². The lowest BCUT2D eigenvalue weighted by Crippen LogP contribution is -2.53. The predicted molar refractivity (Wildman–Crippen MR) is 135 cm³/mol. The fourth-order valence-corrected chi connectivity index (χ4v) is 9.84. The van der Waals surface area contributed by atoms with Gasteiger partial charge in [-0.3, -0.25) is 4.79 Å². The second kappa shape index (κ2) is 8.25. The molecule has 3 saturated carbocycles. The number of hydrogen-bond donors (Lipinski definition) is 0. The quantitative estimate of drug-likeness (QED) is 0.518. The number of amides is 1. The molecule has 34 heavy (non-hydrogen) atoms. The maximum atomic E-state index is 12.9. The summed E-state index contributed by atoms with van der Waals surface area (Å²) in [5.41, 5.74) is 2.64. The van der Waals surface area contributed by atoms with Crippen LogP contribution in [0.1, 0.15) is 77.4 Å². The topological polar surface area (TPSA) is 36.7 Å². The van der Waals surface area contributed by atoms with Gasteiger partial charge < -0.3 is 14.2 Å². The molecule has 1 aliphatic heterocycles. The Morgan fingerprint density at radius 1 is 1.18 bits per heavy atom. The molecule has 1 spiro atoms. The van der Waals surface area contributed by atoms with E-state index in [1.165, 1.54) is 45.1 Å². The van der Waals surface area contributed by atoms with Gasteiger partial charge in [-0.15, -0.1) is 0 Å². The van der Waals surface area contributed by atoms with Crippen LogP contribution in [-0.2, 0) is 11.2 Å². The second-order valence-electron chi connectivity index (χ2n) is 12.9. The van der Waals surface area contributed by atoms with Gasteiger partial charge in [0.15, 0.2) is 0 Å². The van der Waals surface area contributed by atoms with Gasteiger partial charge in [-0.05, 0) is 112 Å². The molecule has 1 aromatic heterocycles. The Morgan fingerprint density at radius 2 is 2.00 bits per heavy atom. The first-order valence-electron chi connectivity index (χ1n) is 14.0. The van der Waals surface area contributed by atoms with E-state index in [9.17, 15) is 4.79 Å². The summed E-state index contributed by atoms with van der Waals surface area (Å²) in [5.74, 6) is 4.76. The molecule has 186 valence electrons. The van der Waals surface area contributed by atoms with Crippen molar-refractivity contribution < 1.29 is 9.21 Å². The predicted octanol–water partition coefficient (Wildman–Crippen LogP) is 5.93. The highest BCUT2D eigenvalue weighted by Gasteiger charge is 2.64. The number of furan rings is 1. The highest BCUT2D eigenvalue weighted by Crippen LogP contribution is 2.68. The molecule has 8 atom stereocenters. The van der Waals surface area contributed by atoms with Crippen LogP contribution in [0.15, 0.2) is 34.5 Å². The molecular weight excluding hydrogens is 420 g/mol. The van der Waals surface area contributed by atoms with E-state index >= 15 is 0 Å². The summed E-state index contributed by atoms with van der Waals surface area (Å²) in [7, 11) is 4.40. The molecule has 0 N–H and O–H groups in total. The number of carbonyl (C=O) groups excluding carboxylic acids is 1. The van der Waals surface area contributed by atoms with Crippen LogP contribution in [0.3, 0.4) is 0 Å². The molecule has 0 radical (unpaired) electrons. The third-order valence-corrected chi connectivity index (χ3v) is 11.8. The van der Waals surface area contributed by atoms with Gasteiger partial charge in [-0.2, -0.15) is 0 Å². The molecule has 4 nitrogen and oxygen atoms in total. The number of likely N-dealkylation sites (tertiary alicyclic amines) is 1. The number of allylic oxidation sites excluding steroid dienone is 1. The van der Waals surface area contributed by atoms with Crippen LogP contribution in [0, 0.1) is 34.5 Å². The van der Waals surface area contributed by atoms with Crippen molar-refractivity contribution in [3.63, 3.8) is 0 Å². The zero-order chi connectivity index (χ0) is 23.7. The lowest BCUT2D eigenvalue weighted by Gasteiger charge is -2.58. The zero-order valence-electron chi connectivity index (χ0n) is 21.8. The van der Waals surface area contributed by atoms with Crippen LogP contribution in [0.5, 0.6) is 0 Å². The Morgan fingerprint density at radius 3 is 2.79 bits per heavy atom. The van der Waals surface area contributed by atoms with Gasteiger partial charge in [-0.1, -0.05) is 18.6 Å². The molecule has 4 aliphatic carbocycles. The molecule has 0 aromatic carbocycles. The molecule has 1 saturated heterocycles. The van der Waals surface area contributed by atoms with Crippen LogP contribution >= 0.6 is 0 Å². The van der Waals surface area contributed by atoms with Gasteiger partial charge in [0, 0.05) is 38.5 Å². The smallest absolute Gasteiger partial charge is 0.223 e. The van der Waals surface area contributed by atoms with Crippen molar-refractivity contribution >= 4 is 5.91 Å². The summed E-state index contributed by atoms with van der Waals surface area (Å²) < 4.78 is 5.43. The van der Waals surface area contributed by atoms with Crippen molar-refractivity contribution in [1.82, 2.24) is 9.80 Å². The van der Waals surface area contributed by atoms with E-state index in [0.29, 0.717) is 29.7 Å². The Balaban J connectivity index is 1.16. The van der Waals surface area contributed by atoms with E-state index in [1.54, 1.807) is 11.8 Å². The molecule has 1 aromatic rings. The third-order valence-electron chi connectivity index (χ3n) is 11.8. The maximum absolute atomic E-state index is 12.9. The molecule has 6 rings (SSSR count). The molecule has 0 bridgehead atoms. The number of nitrogens with zero attached hydrogens (tertiary/aromatic N) is 2. The first-order chi connectivity index (χ1) is 16.3. The van der Waals surface area contributed by atoms with E-state index in [0.717, 1.165) is 48.3 Å². The largest absolute Gasteiger partial charge is 0.469 e. The zero-order valence-corrected chi connectivity index (χ0v) is 21.8. The molecule has 4 fully saturated rings. The Labute approximate surface area is 206 Å². The summed E-state index contributed by atoms with van der Waals surface area (Å²) >= 11 is 0. The number of carbonyl (C=O) groups is 1. The van der Waals surface area contributed by atoms with E-state index in [4.69, 9.17) is 4.42 Å². The van der Waals surface area contributed by atoms with Crippen molar-refractivity contribution in [3.8, 4) is 0 Å². The first kappa shape index (κ1) is 22.9. The Bertz CT molecular complexity index is 953. The number of fused-ring (bicyclic) bond motifs is 4. The van der Waals surface area contributed by atoms with Crippen molar-refractivity contribution in [1.29, 1.82) is 0 Å². The summed E-state index contributed by atoms with van der Waals surface area (Å²) in [4.78, 5) is 17.7. The second-order valence-corrected chi connectivity index (χ2v) is 12.9. The minimum absolute atomic E-state index is 0.260. The van der Waals surface area contributed by atoms with E-state index in [-0.39, 0.29) is 5.91 Å². The summed E-state index contributed by atoms with van der Waals surface area (Å²) in [6.45, 7) is 6.42. The van der Waals surface area contributed by atoms with Gasteiger partial charge in [-0.25, -0.2) is 0 Å². The maximum Gasteiger partial charge on any atom is 0.223 e. The number of aryl methyl sites for hydroxylation is 1. The Kier molecular flexibility index (Phi) is 5.55. The van der Waals surface area contributed by atoms with Crippen molar-refractivity contribution in [2.75, 3.05) is 20.6 Å². The van der Waals surface area contributed by atoms with Gasteiger partial charge in [0.05, 0.1) is 6.26 Å². The Hall–Kier alpha value is -1.55. The normalized spacial score (nSPS) is 43.5. The molecule has 1 amide bonds. The molecule has 4 heteroatoms. The fraction of sp³-hybridized carbons (Fsp3) is 0.767. The van der Waals surface area contributed by atoms with Gasteiger partial charge in [0.1, 0.15) is 5.76 Å². The monoisotopic (exact) mass is 464 g/mol. The van der Waals surface area contributed by atoms with E-state index in [1.807, 2.05) is 19.2 Å². The van der Waals surface area contributed by atoms with Crippen LogP contribution in [-0.4, -0.2) is 48.4 Å². The van der Waals surface area contributed by atoms with Gasteiger partial charge >= 0.3 is 0 Å².